The van der Waals surface area contributed by atoms with Gasteiger partial charge in [-0.25, -0.2) is 5.84 Å². The van der Waals surface area contributed by atoms with Gasteiger partial charge in [-0.15, -0.1) is 0 Å². The van der Waals surface area contributed by atoms with Crippen molar-refractivity contribution in [1.82, 2.24) is 15.6 Å². The highest BCUT2D eigenvalue weighted by Gasteiger charge is 2.05. The molecule has 5 heteroatoms. The lowest BCUT2D eigenvalue weighted by Gasteiger charge is -2.20. The Morgan fingerprint density at radius 1 is 1.38 bits per heavy atom. The van der Waals surface area contributed by atoms with Crippen molar-refractivity contribution < 1.29 is 0 Å². The molecule has 96 valence electrons. The van der Waals surface area contributed by atoms with E-state index in [4.69, 9.17) is 5.84 Å². The Labute approximate surface area is 99.5 Å². The summed E-state index contributed by atoms with van der Waals surface area (Å²) < 4.78 is 0. The lowest BCUT2D eigenvalue weighted by Crippen LogP contribution is -2.45. The molecule has 0 heterocycles. The minimum Gasteiger partial charge on any atom is -0.353 e. The molecule has 0 fully saturated rings. The second kappa shape index (κ2) is 9.42. The van der Waals surface area contributed by atoms with Gasteiger partial charge in [-0.1, -0.05) is 13.8 Å². The van der Waals surface area contributed by atoms with Gasteiger partial charge < -0.3 is 10.2 Å². The average Bonchev–Trinajstić information content (AvgIpc) is 2.31. The minimum atomic E-state index is 0.394. The third kappa shape index (κ3) is 6.63. The summed E-state index contributed by atoms with van der Waals surface area (Å²) >= 11 is 0. The van der Waals surface area contributed by atoms with Crippen molar-refractivity contribution >= 4 is 5.96 Å². The highest BCUT2D eigenvalue weighted by molar-refractivity contribution is 5.79. The Morgan fingerprint density at radius 3 is 2.44 bits per heavy atom. The maximum Gasteiger partial charge on any atom is 0.205 e. The molecule has 0 aromatic heterocycles. The van der Waals surface area contributed by atoms with Gasteiger partial charge in [0.2, 0.25) is 5.96 Å². The quantitative estimate of drug-likeness (QED) is 0.258. The summed E-state index contributed by atoms with van der Waals surface area (Å²) in [4.78, 5) is 6.41. The van der Waals surface area contributed by atoms with Crippen LogP contribution in [0.3, 0.4) is 0 Å². The van der Waals surface area contributed by atoms with E-state index in [1.54, 1.807) is 7.05 Å². The summed E-state index contributed by atoms with van der Waals surface area (Å²) in [5, 5.41) is 3.22. The number of nitrogens with zero attached hydrogens (tertiary/aromatic N) is 2. The highest BCUT2D eigenvalue weighted by Crippen LogP contribution is 1.99. The summed E-state index contributed by atoms with van der Waals surface area (Å²) in [6.07, 6.45) is 2.31. The van der Waals surface area contributed by atoms with Crippen LogP contribution in [0.4, 0.5) is 0 Å². The van der Waals surface area contributed by atoms with Crippen LogP contribution in [0, 0.1) is 0 Å². The van der Waals surface area contributed by atoms with Crippen molar-refractivity contribution in [2.24, 2.45) is 10.8 Å². The second-order valence-electron chi connectivity index (χ2n) is 3.93. The first kappa shape index (κ1) is 15.2. The van der Waals surface area contributed by atoms with Crippen molar-refractivity contribution in [3.8, 4) is 0 Å². The summed E-state index contributed by atoms with van der Waals surface area (Å²) in [6, 6.07) is 0.394. The van der Waals surface area contributed by atoms with Crippen LogP contribution in [-0.2, 0) is 0 Å². The largest absolute Gasteiger partial charge is 0.353 e. The summed E-state index contributed by atoms with van der Waals surface area (Å²) in [7, 11) is 1.71. The number of guanidine groups is 1. The van der Waals surface area contributed by atoms with E-state index < -0.39 is 0 Å². The zero-order valence-corrected chi connectivity index (χ0v) is 11.1. The normalized spacial score (nSPS) is 14.0. The van der Waals surface area contributed by atoms with Crippen LogP contribution >= 0.6 is 0 Å². The van der Waals surface area contributed by atoms with Crippen molar-refractivity contribution in [1.29, 1.82) is 0 Å². The van der Waals surface area contributed by atoms with Gasteiger partial charge in [0.05, 0.1) is 0 Å². The number of hydrazine groups is 1. The number of hydrogen-bond donors (Lipinski definition) is 3. The van der Waals surface area contributed by atoms with Gasteiger partial charge in [-0.2, -0.15) is 0 Å². The topological polar surface area (TPSA) is 65.7 Å². The molecule has 0 aromatic rings. The molecule has 0 aromatic carbocycles. The third-order valence-corrected chi connectivity index (χ3v) is 2.75. The molecule has 5 nitrogen and oxygen atoms in total. The number of rotatable bonds is 7. The summed E-state index contributed by atoms with van der Waals surface area (Å²) in [6.45, 7) is 9.96. The van der Waals surface area contributed by atoms with Crippen LogP contribution < -0.4 is 16.6 Å². The van der Waals surface area contributed by atoms with E-state index in [0.29, 0.717) is 12.0 Å². The van der Waals surface area contributed by atoms with Gasteiger partial charge in [-0.05, 0) is 39.4 Å². The van der Waals surface area contributed by atoms with E-state index in [1.807, 2.05) is 0 Å². The molecular formula is C11H27N5. The zero-order chi connectivity index (χ0) is 12.4. The standard InChI is InChI=1S/C11H27N5/c1-5-16(6-2)9-7-8-10(3)14-11(13-4)15-12/h10H,5-9,12H2,1-4H3,(H2,13,14,15). The Hall–Kier alpha value is -0.810. The van der Waals surface area contributed by atoms with Gasteiger partial charge in [0.15, 0.2) is 0 Å². The zero-order valence-electron chi connectivity index (χ0n) is 11.1. The number of hydrogen-bond acceptors (Lipinski definition) is 3. The molecule has 0 saturated heterocycles. The Balaban J connectivity index is 3.68. The van der Waals surface area contributed by atoms with Crippen molar-refractivity contribution in [3.63, 3.8) is 0 Å². The van der Waals surface area contributed by atoms with Crippen LogP contribution in [0.25, 0.3) is 0 Å². The number of nitrogens with one attached hydrogen (secondary N) is 2. The molecule has 1 atom stereocenters. The molecule has 0 rings (SSSR count). The van der Waals surface area contributed by atoms with Crippen molar-refractivity contribution in [2.45, 2.75) is 39.7 Å². The molecule has 0 spiro atoms. The third-order valence-electron chi connectivity index (χ3n) is 2.75. The van der Waals surface area contributed by atoms with Crippen LogP contribution in [-0.4, -0.2) is 43.6 Å². The monoisotopic (exact) mass is 229 g/mol. The molecule has 16 heavy (non-hydrogen) atoms. The predicted molar refractivity (Wildman–Crippen MR) is 70.3 cm³/mol. The first-order chi connectivity index (χ1) is 7.67. The minimum absolute atomic E-state index is 0.394. The lowest BCUT2D eigenvalue weighted by atomic mass is 10.2. The maximum absolute atomic E-state index is 5.30. The lowest BCUT2D eigenvalue weighted by molar-refractivity contribution is 0.292. The second-order valence-corrected chi connectivity index (χ2v) is 3.93. The van der Waals surface area contributed by atoms with Crippen LogP contribution in [0.15, 0.2) is 4.99 Å². The Bertz CT molecular complexity index is 189. The SMILES string of the molecule is CCN(CC)CCCC(C)NC(=NC)NN. The van der Waals surface area contributed by atoms with Gasteiger partial charge in [-0.3, -0.25) is 10.4 Å². The first-order valence-electron chi connectivity index (χ1n) is 6.10. The molecule has 0 amide bonds. The van der Waals surface area contributed by atoms with E-state index in [9.17, 15) is 0 Å². The van der Waals surface area contributed by atoms with Crippen LogP contribution in [0.1, 0.15) is 33.6 Å². The van der Waals surface area contributed by atoms with E-state index in [-0.39, 0.29) is 0 Å². The number of nitrogens with two attached hydrogens (primary N) is 1. The van der Waals surface area contributed by atoms with E-state index >= 15 is 0 Å². The van der Waals surface area contributed by atoms with E-state index in [1.165, 1.54) is 6.42 Å². The molecule has 0 aliphatic heterocycles. The van der Waals surface area contributed by atoms with Crippen molar-refractivity contribution in [2.75, 3.05) is 26.7 Å². The smallest absolute Gasteiger partial charge is 0.205 e. The van der Waals surface area contributed by atoms with Gasteiger partial charge in [0.25, 0.3) is 0 Å². The first-order valence-corrected chi connectivity index (χ1v) is 6.10. The fraction of sp³-hybridized carbons (Fsp3) is 0.909. The predicted octanol–water partition coefficient (Wildman–Crippen LogP) is 0.536. The molecule has 0 aliphatic rings. The van der Waals surface area contributed by atoms with Crippen LogP contribution in [0.5, 0.6) is 0 Å². The molecule has 0 aliphatic carbocycles. The fourth-order valence-corrected chi connectivity index (χ4v) is 1.64. The molecular weight excluding hydrogens is 202 g/mol. The fourth-order valence-electron chi connectivity index (χ4n) is 1.64. The molecule has 4 N–H and O–H groups in total. The van der Waals surface area contributed by atoms with Gasteiger partial charge in [0.1, 0.15) is 0 Å². The summed E-state index contributed by atoms with van der Waals surface area (Å²) in [5.74, 6) is 5.95. The van der Waals surface area contributed by atoms with E-state index in [0.717, 1.165) is 26.1 Å². The Kier molecular flexibility index (Phi) is 8.94. The molecule has 0 radical (unpaired) electrons. The van der Waals surface area contributed by atoms with Gasteiger partial charge in [0, 0.05) is 13.1 Å². The number of aliphatic imine (C=N–C) groups is 1. The Morgan fingerprint density at radius 2 is 2.00 bits per heavy atom. The maximum atomic E-state index is 5.30. The molecule has 0 bridgehead atoms. The van der Waals surface area contributed by atoms with Crippen LogP contribution in [0.2, 0.25) is 0 Å². The average molecular weight is 229 g/mol. The van der Waals surface area contributed by atoms with Gasteiger partial charge >= 0.3 is 0 Å². The molecule has 0 saturated carbocycles. The van der Waals surface area contributed by atoms with E-state index in [2.05, 4.69) is 41.4 Å². The molecule has 1 unspecified atom stereocenters. The summed E-state index contributed by atoms with van der Waals surface area (Å²) in [5.41, 5.74) is 2.53. The van der Waals surface area contributed by atoms with Crippen molar-refractivity contribution in [3.05, 3.63) is 0 Å². The highest BCUT2D eigenvalue weighted by atomic mass is 15.3.